The maximum absolute atomic E-state index is 14.3. The third-order valence-electron chi connectivity index (χ3n) is 6.94. The molecule has 1 aliphatic rings. The molecule has 3 amide bonds. The monoisotopic (exact) mass is 521 g/mol. The molecule has 1 fully saturated rings. The van der Waals surface area contributed by atoms with Crippen LogP contribution in [0.5, 0.6) is 0 Å². The molecule has 2 N–H and O–H groups in total. The second-order valence-electron chi connectivity index (χ2n) is 12.0. The number of nitrogens with zero attached hydrogens (tertiary/aromatic N) is 1. The fourth-order valence-corrected chi connectivity index (χ4v) is 4.67. The number of rotatable bonds is 8. The zero-order valence-electron chi connectivity index (χ0n) is 24.2. The first-order valence-corrected chi connectivity index (χ1v) is 13.4. The lowest BCUT2D eigenvalue weighted by atomic mass is 9.94. The zero-order valence-corrected chi connectivity index (χ0v) is 24.2. The molecule has 1 aliphatic carbocycles. The fourth-order valence-electron chi connectivity index (χ4n) is 4.67. The van der Waals surface area contributed by atoms with Crippen LogP contribution < -0.4 is 10.6 Å². The van der Waals surface area contributed by atoms with Gasteiger partial charge in [0.05, 0.1) is 0 Å². The molecular formula is C31H43N3O4. The van der Waals surface area contributed by atoms with Crippen LogP contribution in [0.25, 0.3) is 0 Å². The molecule has 0 aliphatic heterocycles. The molecule has 38 heavy (non-hydrogen) atoms. The minimum Gasteiger partial charge on any atom is -0.444 e. The lowest BCUT2D eigenvalue weighted by molar-refractivity contribution is -0.142. The highest BCUT2D eigenvalue weighted by atomic mass is 16.6. The van der Waals surface area contributed by atoms with Crippen molar-refractivity contribution in [3.05, 3.63) is 64.7 Å². The Hall–Kier alpha value is -3.35. The summed E-state index contributed by atoms with van der Waals surface area (Å²) in [5.41, 5.74) is 3.65. The summed E-state index contributed by atoms with van der Waals surface area (Å²) in [6.45, 7) is 17.1. The van der Waals surface area contributed by atoms with Gasteiger partial charge in [-0.2, -0.15) is 0 Å². The second kappa shape index (κ2) is 11.6. The fraction of sp³-hybridized carbons (Fsp3) is 0.516. The van der Waals surface area contributed by atoms with Crippen molar-refractivity contribution < 1.29 is 19.1 Å². The highest BCUT2D eigenvalue weighted by molar-refractivity contribution is 6.00. The van der Waals surface area contributed by atoms with Crippen molar-refractivity contribution in [2.45, 2.75) is 92.5 Å². The van der Waals surface area contributed by atoms with E-state index < -0.39 is 23.8 Å². The molecule has 3 rings (SSSR count). The molecule has 0 radical (unpaired) electrons. The van der Waals surface area contributed by atoms with Gasteiger partial charge in [0.15, 0.2) is 0 Å². The number of carbonyl (C=O) groups is 3. The molecule has 7 nitrogen and oxygen atoms in total. The van der Waals surface area contributed by atoms with Crippen molar-refractivity contribution in [2.24, 2.45) is 11.8 Å². The lowest BCUT2D eigenvalue weighted by Crippen LogP contribution is -2.55. The summed E-state index contributed by atoms with van der Waals surface area (Å²) in [4.78, 5) is 42.9. The van der Waals surface area contributed by atoms with Crippen LogP contribution in [0.1, 0.15) is 76.3 Å². The van der Waals surface area contributed by atoms with Crippen molar-refractivity contribution >= 4 is 23.6 Å². The molecule has 0 spiro atoms. The molecule has 206 valence electrons. The van der Waals surface area contributed by atoms with E-state index in [9.17, 15) is 14.4 Å². The van der Waals surface area contributed by atoms with Crippen LogP contribution in [-0.2, 0) is 14.3 Å². The Morgan fingerprint density at radius 1 is 1.00 bits per heavy atom. The Labute approximate surface area is 227 Å². The topological polar surface area (TPSA) is 87.7 Å². The summed E-state index contributed by atoms with van der Waals surface area (Å²) in [5.74, 6) is -0.538. The molecule has 7 heteroatoms. The number of carbonyl (C=O) groups excluding carboxylic acids is 3. The predicted octanol–water partition coefficient (Wildman–Crippen LogP) is 6.08. The van der Waals surface area contributed by atoms with Crippen LogP contribution in [0.15, 0.2) is 42.5 Å². The largest absolute Gasteiger partial charge is 0.444 e. The Morgan fingerprint density at radius 2 is 1.63 bits per heavy atom. The zero-order chi connectivity index (χ0) is 28.4. The summed E-state index contributed by atoms with van der Waals surface area (Å²) < 4.78 is 5.47. The number of para-hydroxylation sites is 1. The summed E-state index contributed by atoms with van der Waals surface area (Å²) in [6, 6.07) is 11.7. The van der Waals surface area contributed by atoms with Gasteiger partial charge < -0.3 is 20.3 Å². The molecule has 4 unspecified atom stereocenters. The predicted molar refractivity (Wildman–Crippen MR) is 151 cm³/mol. The summed E-state index contributed by atoms with van der Waals surface area (Å²) >= 11 is 0. The van der Waals surface area contributed by atoms with E-state index in [1.807, 2.05) is 77.1 Å². The molecule has 1 saturated carbocycles. The third-order valence-corrected chi connectivity index (χ3v) is 6.94. The highest BCUT2D eigenvalue weighted by Gasteiger charge is 2.49. The van der Waals surface area contributed by atoms with Gasteiger partial charge in [-0.3, -0.25) is 9.59 Å². The van der Waals surface area contributed by atoms with Gasteiger partial charge in [-0.1, -0.05) is 62.7 Å². The van der Waals surface area contributed by atoms with Crippen LogP contribution in [0.2, 0.25) is 0 Å². The van der Waals surface area contributed by atoms with Gasteiger partial charge in [0.25, 0.3) is 5.91 Å². The van der Waals surface area contributed by atoms with E-state index in [2.05, 4.69) is 17.6 Å². The molecule has 2 aromatic carbocycles. The summed E-state index contributed by atoms with van der Waals surface area (Å²) in [7, 11) is 0. The van der Waals surface area contributed by atoms with Gasteiger partial charge in [0.2, 0.25) is 5.91 Å². The van der Waals surface area contributed by atoms with Crippen molar-refractivity contribution in [1.29, 1.82) is 0 Å². The Bertz CT molecular complexity index is 1180. The van der Waals surface area contributed by atoms with Crippen LogP contribution in [-0.4, -0.2) is 40.5 Å². The van der Waals surface area contributed by atoms with E-state index in [1.165, 1.54) is 0 Å². The molecular weight excluding hydrogens is 478 g/mol. The molecule has 4 atom stereocenters. The number of hydrogen-bond acceptors (Lipinski definition) is 4. The quantitative estimate of drug-likeness (QED) is 0.441. The number of aryl methyl sites for hydroxylation is 3. The van der Waals surface area contributed by atoms with Gasteiger partial charge in [0.1, 0.15) is 17.7 Å². The van der Waals surface area contributed by atoms with Crippen LogP contribution >= 0.6 is 0 Å². The number of nitrogens with one attached hydrogen (secondary N) is 2. The first-order valence-electron chi connectivity index (χ1n) is 13.4. The van der Waals surface area contributed by atoms with E-state index in [-0.39, 0.29) is 29.7 Å². The average Bonchev–Trinajstić information content (AvgIpc) is 3.53. The number of amides is 3. The van der Waals surface area contributed by atoms with Gasteiger partial charge in [0, 0.05) is 11.7 Å². The standard InChI is InChI=1S/C31H43N3O4/c1-18(2)26(33-30(37)38-31(7,8)9)29(36)34(25-17-22(25)6)27(23-16-19(3)14-15-20(23)4)28(35)32-24-13-11-10-12-21(24)5/h10-16,18,22,25-27H,17H2,1-9H3,(H,32,35)(H,33,37). The summed E-state index contributed by atoms with van der Waals surface area (Å²) in [5, 5.41) is 5.88. The minimum atomic E-state index is -0.862. The Kier molecular flexibility index (Phi) is 8.90. The molecule has 0 saturated heterocycles. The third kappa shape index (κ3) is 7.15. The first-order chi connectivity index (χ1) is 17.7. The molecule has 0 aromatic heterocycles. The maximum atomic E-state index is 14.3. The van der Waals surface area contributed by atoms with E-state index in [4.69, 9.17) is 4.74 Å². The number of benzene rings is 2. The van der Waals surface area contributed by atoms with Crippen molar-refractivity contribution in [2.75, 3.05) is 5.32 Å². The normalized spacial score (nSPS) is 18.4. The molecule has 0 heterocycles. The summed E-state index contributed by atoms with van der Waals surface area (Å²) in [6.07, 6.45) is 0.142. The van der Waals surface area contributed by atoms with Crippen LogP contribution in [0, 0.1) is 32.6 Å². The average molecular weight is 522 g/mol. The van der Waals surface area contributed by atoms with Crippen LogP contribution in [0.3, 0.4) is 0 Å². The SMILES string of the molecule is Cc1ccc(C)c(C(C(=O)Nc2ccccc2C)N(C(=O)C(NC(=O)OC(C)(C)C)C(C)C)C2CC2C)c1. The van der Waals surface area contributed by atoms with Gasteiger partial charge in [-0.15, -0.1) is 0 Å². The molecule has 0 bridgehead atoms. The van der Waals surface area contributed by atoms with E-state index in [1.54, 1.807) is 25.7 Å². The minimum absolute atomic E-state index is 0.114. The van der Waals surface area contributed by atoms with Crippen LogP contribution in [0.4, 0.5) is 10.5 Å². The number of ether oxygens (including phenoxy) is 1. The van der Waals surface area contributed by atoms with Crippen molar-refractivity contribution in [3.63, 3.8) is 0 Å². The van der Waals surface area contributed by atoms with Gasteiger partial charge in [-0.05, 0) is 82.6 Å². The Balaban J connectivity index is 2.07. The highest BCUT2D eigenvalue weighted by Crippen LogP contribution is 2.42. The second-order valence-corrected chi connectivity index (χ2v) is 12.0. The van der Waals surface area contributed by atoms with Crippen molar-refractivity contribution in [1.82, 2.24) is 10.2 Å². The van der Waals surface area contributed by atoms with Gasteiger partial charge >= 0.3 is 6.09 Å². The van der Waals surface area contributed by atoms with Crippen molar-refractivity contribution in [3.8, 4) is 0 Å². The number of alkyl carbamates (subject to hydrolysis) is 1. The van der Waals surface area contributed by atoms with Gasteiger partial charge in [-0.25, -0.2) is 4.79 Å². The number of anilines is 1. The smallest absolute Gasteiger partial charge is 0.408 e. The Morgan fingerprint density at radius 3 is 2.18 bits per heavy atom. The lowest BCUT2D eigenvalue weighted by Gasteiger charge is -2.36. The maximum Gasteiger partial charge on any atom is 0.408 e. The number of hydrogen-bond donors (Lipinski definition) is 2. The van der Waals surface area contributed by atoms with E-state index >= 15 is 0 Å². The van der Waals surface area contributed by atoms with E-state index in [0.29, 0.717) is 5.69 Å². The first kappa shape index (κ1) is 29.2. The van der Waals surface area contributed by atoms with E-state index in [0.717, 1.165) is 28.7 Å². The molecule has 2 aromatic rings.